The van der Waals surface area contributed by atoms with Crippen LogP contribution in [-0.4, -0.2) is 17.9 Å². The molecule has 2 N–H and O–H groups in total. The summed E-state index contributed by atoms with van der Waals surface area (Å²) in [5.74, 6) is 2.24. The Hall–Kier alpha value is -2.43. The van der Waals surface area contributed by atoms with Crippen LogP contribution >= 0.6 is 0 Å². The Morgan fingerprint density at radius 2 is 2.20 bits per heavy atom. The number of phenols is 1. The molecule has 5 nitrogen and oxygen atoms in total. The zero-order valence-corrected chi connectivity index (χ0v) is 11.4. The van der Waals surface area contributed by atoms with Crippen LogP contribution < -0.4 is 10.2 Å². The molecule has 1 aliphatic heterocycles. The van der Waals surface area contributed by atoms with Crippen LogP contribution in [0.1, 0.15) is 29.5 Å². The Labute approximate surface area is 116 Å². The highest BCUT2D eigenvalue weighted by molar-refractivity contribution is 5.99. The zero-order chi connectivity index (χ0) is 14.1. The minimum absolute atomic E-state index is 0.0782. The van der Waals surface area contributed by atoms with Crippen molar-refractivity contribution in [2.75, 3.05) is 7.11 Å². The third-order valence-electron chi connectivity index (χ3n) is 3.40. The van der Waals surface area contributed by atoms with Gasteiger partial charge in [0.25, 0.3) is 0 Å². The monoisotopic (exact) mass is 272 g/mol. The first-order valence-corrected chi connectivity index (χ1v) is 6.44. The lowest BCUT2D eigenvalue weighted by molar-refractivity contribution is 0.367. The molecule has 2 aromatic rings. The van der Waals surface area contributed by atoms with Crippen LogP contribution in [0.15, 0.2) is 39.9 Å². The van der Waals surface area contributed by atoms with E-state index in [1.807, 2.05) is 31.2 Å². The molecule has 0 saturated heterocycles. The number of nitrogens with one attached hydrogen (secondary N) is 1. The molecule has 20 heavy (non-hydrogen) atoms. The summed E-state index contributed by atoms with van der Waals surface area (Å²) in [6, 6.07) is 9.18. The third-order valence-corrected chi connectivity index (χ3v) is 3.40. The van der Waals surface area contributed by atoms with Crippen molar-refractivity contribution in [1.29, 1.82) is 0 Å². The maximum Gasteiger partial charge on any atom is 0.163 e. The lowest BCUT2D eigenvalue weighted by Crippen LogP contribution is -2.10. The fraction of sp³-hybridized carbons (Fsp3) is 0.267. The van der Waals surface area contributed by atoms with Crippen LogP contribution in [0.25, 0.3) is 0 Å². The predicted molar refractivity (Wildman–Crippen MR) is 75.1 cm³/mol. The number of para-hydroxylation sites is 1. The Morgan fingerprint density at radius 3 is 2.90 bits per heavy atom. The second-order valence-electron chi connectivity index (χ2n) is 4.75. The van der Waals surface area contributed by atoms with Gasteiger partial charge in [-0.25, -0.2) is 0 Å². The van der Waals surface area contributed by atoms with E-state index >= 15 is 0 Å². The number of hydrogen-bond acceptors (Lipinski definition) is 5. The number of phenolic OH excluding ortho intramolecular Hbond substituents is 1. The standard InChI is InChI=1S/C15H16N2O3/c1-9-6-7-13(20-9)12-8-11(16-17-12)10-4-3-5-14(19-2)15(10)18/h3-7,11,16,18H,8H2,1-2H3. The highest BCUT2D eigenvalue weighted by Gasteiger charge is 2.26. The van der Waals surface area contributed by atoms with Crippen LogP contribution in [0.3, 0.4) is 0 Å². The van der Waals surface area contributed by atoms with Gasteiger partial charge in [0, 0.05) is 12.0 Å². The SMILES string of the molecule is COc1cccc(C2CC(c3ccc(C)o3)=NN2)c1O. The van der Waals surface area contributed by atoms with Crippen molar-refractivity contribution in [3.8, 4) is 11.5 Å². The van der Waals surface area contributed by atoms with Gasteiger partial charge in [0.2, 0.25) is 0 Å². The first-order chi connectivity index (χ1) is 9.69. The number of methoxy groups -OCH3 is 1. The molecule has 0 radical (unpaired) electrons. The quantitative estimate of drug-likeness (QED) is 0.901. The highest BCUT2D eigenvalue weighted by Crippen LogP contribution is 2.36. The van der Waals surface area contributed by atoms with Crippen LogP contribution in [0, 0.1) is 6.92 Å². The second kappa shape index (κ2) is 4.92. The van der Waals surface area contributed by atoms with Gasteiger partial charge in [0.15, 0.2) is 11.5 Å². The highest BCUT2D eigenvalue weighted by atomic mass is 16.5. The summed E-state index contributed by atoms with van der Waals surface area (Å²) in [6.07, 6.45) is 0.660. The molecule has 0 bridgehead atoms. The van der Waals surface area contributed by atoms with Crippen LogP contribution in [0.4, 0.5) is 0 Å². The molecule has 1 unspecified atom stereocenters. The number of ether oxygens (including phenoxy) is 1. The van der Waals surface area contributed by atoms with Gasteiger partial charge in [-0.05, 0) is 25.1 Å². The van der Waals surface area contributed by atoms with Crippen LogP contribution in [-0.2, 0) is 0 Å². The van der Waals surface area contributed by atoms with Crippen LogP contribution in [0.5, 0.6) is 11.5 Å². The first-order valence-electron chi connectivity index (χ1n) is 6.44. The number of furan rings is 1. The molecule has 1 atom stereocenters. The number of hydrazone groups is 1. The average Bonchev–Trinajstić information content (AvgIpc) is 3.07. The lowest BCUT2D eigenvalue weighted by Gasteiger charge is -2.14. The number of aromatic hydroxyl groups is 1. The van der Waals surface area contributed by atoms with E-state index in [0.29, 0.717) is 12.2 Å². The summed E-state index contributed by atoms with van der Waals surface area (Å²) < 4.78 is 10.7. The van der Waals surface area contributed by atoms with Gasteiger partial charge in [0.05, 0.1) is 13.2 Å². The van der Waals surface area contributed by atoms with Crippen molar-refractivity contribution < 1.29 is 14.3 Å². The third kappa shape index (κ3) is 2.11. The van der Waals surface area contributed by atoms with Gasteiger partial charge in [-0.3, -0.25) is 0 Å². The molecule has 2 heterocycles. The summed E-state index contributed by atoms with van der Waals surface area (Å²) in [6.45, 7) is 1.90. The Bertz CT molecular complexity index is 661. The molecule has 104 valence electrons. The molecule has 1 aromatic carbocycles. The summed E-state index contributed by atoms with van der Waals surface area (Å²) in [7, 11) is 1.54. The largest absolute Gasteiger partial charge is 0.504 e. The normalized spacial score (nSPS) is 17.7. The minimum atomic E-state index is -0.0782. The smallest absolute Gasteiger partial charge is 0.163 e. The van der Waals surface area contributed by atoms with E-state index in [4.69, 9.17) is 9.15 Å². The number of rotatable bonds is 3. The van der Waals surface area contributed by atoms with Crippen molar-refractivity contribution >= 4 is 5.71 Å². The van der Waals surface area contributed by atoms with E-state index in [0.717, 1.165) is 22.8 Å². The van der Waals surface area contributed by atoms with Crippen molar-refractivity contribution in [3.63, 3.8) is 0 Å². The molecule has 0 amide bonds. The molecule has 0 spiro atoms. The van der Waals surface area contributed by atoms with Gasteiger partial charge < -0.3 is 19.7 Å². The van der Waals surface area contributed by atoms with Gasteiger partial charge >= 0.3 is 0 Å². The fourth-order valence-electron chi connectivity index (χ4n) is 2.35. The van der Waals surface area contributed by atoms with E-state index in [-0.39, 0.29) is 11.8 Å². The predicted octanol–water partition coefficient (Wildman–Crippen LogP) is 2.74. The number of benzene rings is 1. The van der Waals surface area contributed by atoms with Gasteiger partial charge in [-0.15, -0.1) is 0 Å². The number of hydrogen-bond donors (Lipinski definition) is 2. The van der Waals surface area contributed by atoms with Crippen molar-refractivity contribution in [2.24, 2.45) is 5.10 Å². The fourth-order valence-corrected chi connectivity index (χ4v) is 2.35. The van der Waals surface area contributed by atoms with Crippen molar-refractivity contribution in [3.05, 3.63) is 47.4 Å². The van der Waals surface area contributed by atoms with Crippen molar-refractivity contribution in [2.45, 2.75) is 19.4 Å². The minimum Gasteiger partial charge on any atom is -0.504 e. The van der Waals surface area contributed by atoms with Crippen molar-refractivity contribution in [1.82, 2.24) is 5.43 Å². The number of aryl methyl sites for hydroxylation is 1. The summed E-state index contributed by atoms with van der Waals surface area (Å²) >= 11 is 0. The Kier molecular flexibility index (Phi) is 3.10. The van der Waals surface area contributed by atoms with Gasteiger partial charge in [0.1, 0.15) is 17.2 Å². The Morgan fingerprint density at radius 1 is 1.35 bits per heavy atom. The number of nitrogens with zero attached hydrogens (tertiary/aromatic N) is 1. The molecule has 0 aliphatic carbocycles. The van der Waals surface area contributed by atoms with Gasteiger partial charge in [-0.1, -0.05) is 12.1 Å². The van der Waals surface area contributed by atoms with E-state index in [9.17, 15) is 5.11 Å². The second-order valence-corrected chi connectivity index (χ2v) is 4.75. The average molecular weight is 272 g/mol. The van der Waals surface area contributed by atoms with E-state index < -0.39 is 0 Å². The molecule has 0 fully saturated rings. The first kappa shape index (κ1) is 12.6. The van der Waals surface area contributed by atoms with Gasteiger partial charge in [-0.2, -0.15) is 5.10 Å². The van der Waals surface area contributed by atoms with E-state index in [1.54, 1.807) is 6.07 Å². The Balaban J connectivity index is 1.82. The molecular formula is C15H16N2O3. The topological polar surface area (TPSA) is 67.0 Å². The maximum absolute atomic E-state index is 10.2. The molecule has 3 rings (SSSR count). The van der Waals surface area contributed by atoms with E-state index in [2.05, 4.69) is 10.5 Å². The summed E-state index contributed by atoms with van der Waals surface area (Å²) in [5, 5.41) is 14.5. The molecular weight excluding hydrogens is 256 g/mol. The molecule has 5 heteroatoms. The lowest BCUT2D eigenvalue weighted by atomic mass is 10.0. The molecule has 0 saturated carbocycles. The summed E-state index contributed by atoms with van der Waals surface area (Å²) in [5.41, 5.74) is 4.66. The van der Waals surface area contributed by atoms with E-state index in [1.165, 1.54) is 7.11 Å². The molecule has 1 aliphatic rings. The maximum atomic E-state index is 10.2. The zero-order valence-electron chi connectivity index (χ0n) is 11.4. The van der Waals surface area contributed by atoms with Crippen LogP contribution in [0.2, 0.25) is 0 Å². The summed E-state index contributed by atoms with van der Waals surface area (Å²) in [4.78, 5) is 0. The molecule has 1 aromatic heterocycles.